The lowest BCUT2D eigenvalue weighted by molar-refractivity contribution is -0.0498. The summed E-state index contributed by atoms with van der Waals surface area (Å²) in [6.45, 7) is -1.08. The second-order valence-corrected chi connectivity index (χ2v) is 3.26. The molecule has 0 aliphatic carbocycles. The topological polar surface area (TPSA) is 35.2 Å². The van der Waals surface area contributed by atoms with Gasteiger partial charge in [0.2, 0.25) is 0 Å². The largest absolute Gasteiger partial charge is 0.435 e. The lowest BCUT2D eigenvalue weighted by atomic mass is 10.1. The highest BCUT2D eigenvalue weighted by atomic mass is 35.5. The molecular formula is C9H10ClF2NO. The average molecular weight is 222 g/mol. The molecule has 1 aromatic rings. The standard InChI is InChI=1S/C9H10ClF2NO/c1-5(13)7-3-2-6(4-8(7)10)14-9(11)12/h2-5,9H,13H2,1H3. The summed E-state index contributed by atoms with van der Waals surface area (Å²) in [5.74, 6) is 0.0365. The summed E-state index contributed by atoms with van der Waals surface area (Å²) in [5.41, 5.74) is 6.29. The van der Waals surface area contributed by atoms with Crippen molar-refractivity contribution in [3.05, 3.63) is 28.8 Å². The SMILES string of the molecule is CC(N)c1ccc(OC(F)F)cc1Cl. The molecule has 0 bridgehead atoms. The van der Waals surface area contributed by atoms with Crippen molar-refractivity contribution >= 4 is 11.6 Å². The van der Waals surface area contributed by atoms with Gasteiger partial charge >= 0.3 is 6.61 Å². The summed E-state index contributed by atoms with van der Waals surface area (Å²) < 4.78 is 27.8. The zero-order chi connectivity index (χ0) is 10.7. The van der Waals surface area contributed by atoms with Crippen LogP contribution in [0.5, 0.6) is 5.75 Å². The zero-order valence-electron chi connectivity index (χ0n) is 7.51. The maximum absolute atomic E-state index is 11.8. The molecule has 1 aromatic carbocycles. The van der Waals surface area contributed by atoms with E-state index in [1.165, 1.54) is 12.1 Å². The molecule has 0 saturated carbocycles. The van der Waals surface area contributed by atoms with Crippen LogP contribution in [0, 0.1) is 0 Å². The van der Waals surface area contributed by atoms with Crippen molar-refractivity contribution in [1.29, 1.82) is 0 Å². The first-order valence-corrected chi connectivity index (χ1v) is 4.38. The second kappa shape index (κ2) is 4.57. The Morgan fingerprint density at radius 3 is 2.50 bits per heavy atom. The Balaban J connectivity index is 2.89. The quantitative estimate of drug-likeness (QED) is 0.852. The molecule has 0 radical (unpaired) electrons. The molecule has 2 nitrogen and oxygen atoms in total. The molecule has 1 rings (SSSR count). The van der Waals surface area contributed by atoms with E-state index < -0.39 is 6.61 Å². The van der Waals surface area contributed by atoms with Crippen LogP contribution in [0.3, 0.4) is 0 Å². The monoisotopic (exact) mass is 221 g/mol. The predicted octanol–water partition coefficient (Wildman–Crippen LogP) is 2.96. The number of benzene rings is 1. The van der Waals surface area contributed by atoms with Gasteiger partial charge in [0.05, 0.1) is 0 Å². The summed E-state index contributed by atoms with van der Waals surface area (Å²) in [6.07, 6.45) is 0. The van der Waals surface area contributed by atoms with Crippen LogP contribution in [-0.4, -0.2) is 6.61 Å². The van der Waals surface area contributed by atoms with Crippen LogP contribution >= 0.6 is 11.6 Å². The van der Waals surface area contributed by atoms with E-state index in [4.69, 9.17) is 17.3 Å². The molecule has 1 unspecified atom stereocenters. The van der Waals surface area contributed by atoms with Gasteiger partial charge in [0, 0.05) is 11.1 Å². The number of alkyl halides is 2. The van der Waals surface area contributed by atoms with Crippen molar-refractivity contribution in [3.63, 3.8) is 0 Å². The Kier molecular flexibility index (Phi) is 3.66. The maximum atomic E-state index is 11.8. The molecule has 0 fully saturated rings. The van der Waals surface area contributed by atoms with Gasteiger partial charge in [0.25, 0.3) is 0 Å². The van der Waals surface area contributed by atoms with Crippen LogP contribution in [0.4, 0.5) is 8.78 Å². The number of nitrogens with two attached hydrogens (primary N) is 1. The zero-order valence-corrected chi connectivity index (χ0v) is 8.26. The van der Waals surface area contributed by atoms with Crippen molar-refractivity contribution in [2.24, 2.45) is 5.73 Å². The van der Waals surface area contributed by atoms with E-state index in [0.717, 1.165) is 0 Å². The number of hydrogen-bond donors (Lipinski definition) is 1. The van der Waals surface area contributed by atoms with E-state index in [1.54, 1.807) is 13.0 Å². The summed E-state index contributed by atoms with van der Waals surface area (Å²) in [6, 6.07) is 4.08. The minimum atomic E-state index is -2.84. The first-order valence-electron chi connectivity index (χ1n) is 4.00. The molecule has 1 atom stereocenters. The fourth-order valence-corrected chi connectivity index (χ4v) is 1.40. The molecule has 78 valence electrons. The summed E-state index contributed by atoms with van der Waals surface area (Å²) in [5, 5.41) is 0.332. The van der Waals surface area contributed by atoms with Crippen LogP contribution in [-0.2, 0) is 0 Å². The molecule has 0 aliphatic heterocycles. The van der Waals surface area contributed by atoms with Gasteiger partial charge in [-0.1, -0.05) is 17.7 Å². The van der Waals surface area contributed by atoms with Crippen molar-refractivity contribution in [1.82, 2.24) is 0 Å². The van der Waals surface area contributed by atoms with E-state index in [1.807, 2.05) is 0 Å². The van der Waals surface area contributed by atoms with Crippen molar-refractivity contribution in [2.75, 3.05) is 0 Å². The Morgan fingerprint density at radius 1 is 1.43 bits per heavy atom. The van der Waals surface area contributed by atoms with Crippen LogP contribution in [0.1, 0.15) is 18.5 Å². The average Bonchev–Trinajstić information content (AvgIpc) is 2.01. The van der Waals surface area contributed by atoms with E-state index >= 15 is 0 Å². The molecule has 0 aromatic heterocycles. The van der Waals surface area contributed by atoms with Gasteiger partial charge in [0.15, 0.2) is 0 Å². The molecule has 0 saturated heterocycles. The fourth-order valence-electron chi connectivity index (χ4n) is 1.05. The second-order valence-electron chi connectivity index (χ2n) is 2.85. The van der Waals surface area contributed by atoms with Gasteiger partial charge in [-0.25, -0.2) is 0 Å². The molecule has 0 heterocycles. The van der Waals surface area contributed by atoms with E-state index in [0.29, 0.717) is 10.6 Å². The smallest absolute Gasteiger partial charge is 0.387 e. The van der Waals surface area contributed by atoms with Gasteiger partial charge < -0.3 is 10.5 Å². The number of rotatable bonds is 3. The Morgan fingerprint density at radius 2 is 2.07 bits per heavy atom. The van der Waals surface area contributed by atoms with E-state index in [2.05, 4.69) is 4.74 Å². The highest BCUT2D eigenvalue weighted by Crippen LogP contribution is 2.26. The molecule has 0 spiro atoms. The normalized spacial score (nSPS) is 13.0. The number of halogens is 3. The van der Waals surface area contributed by atoms with E-state index in [9.17, 15) is 8.78 Å². The third-order valence-corrected chi connectivity index (χ3v) is 2.01. The first kappa shape index (κ1) is 11.2. The Bertz CT molecular complexity index is 318. The predicted molar refractivity (Wildman–Crippen MR) is 50.7 cm³/mol. The van der Waals surface area contributed by atoms with Crippen LogP contribution < -0.4 is 10.5 Å². The Hall–Kier alpha value is -0.870. The van der Waals surface area contributed by atoms with E-state index in [-0.39, 0.29) is 11.8 Å². The summed E-state index contributed by atoms with van der Waals surface area (Å²) in [7, 11) is 0. The third kappa shape index (κ3) is 2.82. The van der Waals surface area contributed by atoms with Gasteiger partial charge in [0.1, 0.15) is 5.75 Å². The van der Waals surface area contributed by atoms with Gasteiger partial charge in [-0.15, -0.1) is 0 Å². The number of ether oxygens (including phenoxy) is 1. The lowest BCUT2D eigenvalue weighted by Gasteiger charge is -2.10. The molecule has 14 heavy (non-hydrogen) atoms. The summed E-state index contributed by atoms with van der Waals surface area (Å²) >= 11 is 5.80. The minimum Gasteiger partial charge on any atom is -0.435 e. The minimum absolute atomic E-state index is 0.0365. The van der Waals surface area contributed by atoms with Gasteiger partial charge in [-0.3, -0.25) is 0 Å². The lowest BCUT2D eigenvalue weighted by Crippen LogP contribution is -2.06. The van der Waals surface area contributed by atoms with Crippen molar-refractivity contribution < 1.29 is 13.5 Å². The molecule has 0 amide bonds. The highest BCUT2D eigenvalue weighted by Gasteiger charge is 2.09. The number of hydrogen-bond acceptors (Lipinski definition) is 2. The molecule has 0 aliphatic rings. The fraction of sp³-hybridized carbons (Fsp3) is 0.333. The Labute approximate surface area is 85.6 Å². The molecule has 5 heteroatoms. The van der Waals surface area contributed by atoms with Gasteiger partial charge in [-0.2, -0.15) is 8.78 Å². The summed E-state index contributed by atoms with van der Waals surface area (Å²) in [4.78, 5) is 0. The van der Waals surface area contributed by atoms with Crippen molar-refractivity contribution in [3.8, 4) is 5.75 Å². The third-order valence-electron chi connectivity index (χ3n) is 1.69. The highest BCUT2D eigenvalue weighted by molar-refractivity contribution is 6.31. The maximum Gasteiger partial charge on any atom is 0.387 e. The van der Waals surface area contributed by atoms with Gasteiger partial charge in [-0.05, 0) is 24.6 Å². The molecular weight excluding hydrogens is 212 g/mol. The van der Waals surface area contributed by atoms with Crippen molar-refractivity contribution in [2.45, 2.75) is 19.6 Å². The first-order chi connectivity index (χ1) is 6.50. The van der Waals surface area contributed by atoms with Crippen LogP contribution in [0.2, 0.25) is 5.02 Å². The molecule has 2 N–H and O–H groups in total. The van der Waals surface area contributed by atoms with Crippen LogP contribution in [0.15, 0.2) is 18.2 Å². The van der Waals surface area contributed by atoms with Crippen LogP contribution in [0.25, 0.3) is 0 Å².